The van der Waals surface area contributed by atoms with E-state index in [2.05, 4.69) is 29.4 Å². The van der Waals surface area contributed by atoms with Crippen molar-refractivity contribution in [1.29, 1.82) is 0 Å². The van der Waals surface area contributed by atoms with Crippen molar-refractivity contribution in [3.8, 4) is 0 Å². The molecule has 0 aromatic heterocycles. The van der Waals surface area contributed by atoms with E-state index in [1.54, 1.807) is 0 Å². The van der Waals surface area contributed by atoms with E-state index in [0.29, 0.717) is 0 Å². The van der Waals surface area contributed by atoms with Crippen molar-refractivity contribution < 1.29 is 5.11 Å². The maximum absolute atomic E-state index is 10.1. The maximum atomic E-state index is 10.1. The molecule has 3 heterocycles. The molecule has 0 saturated carbocycles. The smallest absolute Gasteiger partial charge is 0.208 e. The molecule has 1 unspecified atom stereocenters. The van der Waals surface area contributed by atoms with Gasteiger partial charge in [0.05, 0.1) is 5.70 Å². The van der Waals surface area contributed by atoms with Crippen LogP contribution in [0.15, 0.2) is 35.3 Å². The first-order valence-electron chi connectivity index (χ1n) is 8.34. The van der Waals surface area contributed by atoms with E-state index in [-0.39, 0.29) is 0 Å². The number of fused-ring (bicyclic) bond motifs is 1. The Bertz CT molecular complexity index is 461. The van der Waals surface area contributed by atoms with Gasteiger partial charge in [-0.15, -0.1) is 0 Å². The predicted octanol–water partition coefficient (Wildman–Crippen LogP) is 2.51. The van der Waals surface area contributed by atoms with Crippen molar-refractivity contribution in [2.24, 2.45) is 0 Å². The summed E-state index contributed by atoms with van der Waals surface area (Å²) in [6.45, 7) is 5.64. The van der Waals surface area contributed by atoms with Crippen molar-refractivity contribution in [3.05, 3.63) is 35.3 Å². The molecule has 0 spiro atoms. The Kier molecular flexibility index (Phi) is 4.66. The summed E-state index contributed by atoms with van der Waals surface area (Å²) in [5, 5.41) is 13.1. The van der Waals surface area contributed by atoms with Gasteiger partial charge < -0.3 is 15.3 Å². The van der Waals surface area contributed by atoms with E-state index in [1.165, 1.54) is 56.3 Å². The number of aliphatic hydroxyl groups is 1. The van der Waals surface area contributed by atoms with Crippen molar-refractivity contribution >= 4 is 0 Å². The lowest BCUT2D eigenvalue weighted by atomic mass is 9.99. The van der Waals surface area contributed by atoms with Crippen LogP contribution >= 0.6 is 0 Å². The largest absolute Gasteiger partial charge is 0.356 e. The Morgan fingerprint density at radius 1 is 1.29 bits per heavy atom. The minimum atomic E-state index is -0.610. The lowest BCUT2D eigenvalue weighted by Gasteiger charge is -2.31. The first-order valence-corrected chi connectivity index (χ1v) is 8.34. The van der Waals surface area contributed by atoms with Crippen molar-refractivity contribution in [2.45, 2.75) is 51.8 Å². The molecule has 4 heteroatoms. The van der Waals surface area contributed by atoms with Crippen molar-refractivity contribution in [1.82, 2.24) is 15.1 Å². The zero-order valence-electron chi connectivity index (χ0n) is 13.0. The summed E-state index contributed by atoms with van der Waals surface area (Å²) in [6.07, 6.45) is 13.3. The molecule has 0 radical (unpaired) electrons. The highest BCUT2D eigenvalue weighted by molar-refractivity contribution is 5.44. The van der Waals surface area contributed by atoms with Gasteiger partial charge >= 0.3 is 0 Å². The number of piperidine rings is 1. The van der Waals surface area contributed by atoms with Crippen LogP contribution in [0.25, 0.3) is 0 Å². The van der Waals surface area contributed by atoms with Crippen LogP contribution in [0.2, 0.25) is 0 Å². The molecule has 0 aromatic rings. The molecule has 3 rings (SSSR count). The van der Waals surface area contributed by atoms with Gasteiger partial charge in [0.15, 0.2) is 0 Å². The zero-order valence-corrected chi connectivity index (χ0v) is 13.0. The first kappa shape index (κ1) is 14.7. The van der Waals surface area contributed by atoms with E-state index in [4.69, 9.17) is 0 Å². The molecule has 0 amide bonds. The molecule has 1 saturated heterocycles. The SMILES string of the molecule is CCCCC1=CC(CN2CCCCC2)=CN2C1=CNC2O. The van der Waals surface area contributed by atoms with Crippen LogP contribution in [-0.2, 0) is 0 Å². The topological polar surface area (TPSA) is 38.7 Å². The Balaban J connectivity index is 1.73. The highest BCUT2D eigenvalue weighted by Gasteiger charge is 2.28. The van der Waals surface area contributed by atoms with Gasteiger partial charge in [0, 0.05) is 18.9 Å². The number of likely N-dealkylation sites (tertiary alicyclic amines) is 1. The van der Waals surface area contributed by atoms with E-state index >= 15 is 0 Å². The van der Waals surface area contributed by atoms with Gasteiger partial charge in [0.25, 0.3) is 0 Å². The minimum Gasteiger partial charge on any atom is -0.356 e. The summed E-state index contributed by atoms with van der Waals surface area (Å²) in [7, 11) is 0. The Labute approximate surface area is 127 Å². The number of hydrogen-bond donors (Lipinski definition) is 2. The number of hydrogen-bond acceptors (Lipinski definition) is 4. The van der Waals surface area contributed by atoms with Gasteiger partial charge in [0.2, 0.25) is 6.35 Å². The average molecular weight is 289 g/mol. The molecule has 116 valence electrons. The third-order valence-electron chi connectivity index (χ3n) is 4.56. The maximum Gasteiger partial charge on any atom is 0.208 e. The van der Waals surface area contributed by atoms with Crippen molar-refractivity contribution in [3.63, 3.8) is 0 Å². The number of rotatable bonds is 5. The van der Waals surface area contributed by atoms with Crippen LogP contribution < -0.4 is 5.32 Å². The average Bonchev–Trinajstić information content (AvgIpc) is 2.88. The van der Waals surface area contributed by atoms with Crippen LogP contribution in [0.1, 0.15) is 45.4 Å². The highest BCUT2D eigenvalue weighted by Crippen LogP contribution is 2.31. The number of nitrogens with zero attached hydrogens (tertiary/aromatic N) is 2. The molecule has 2 N–H and O–H groups in total. The van der Waals surface area contributed by atoms with Gasteiger partial charge in [-0.25, -0.2) is 0 Å². The lowest BCUT2D eigenvalue weighted by molar-refractivity contribution is 0.0578. The van der Waals surface area contributed by atoms with Crippen LogP contribution in [-0.4, -0.2) is 40.9 Å². The number of unbranched alkanes of at least 4 members (excludes halogenated alkanes) is 1. The molecular weight excluding hydrogens is 262 g/mol. The van der Waals surface area contributed by atoms with E-state index in [1.807, 2.05) is 11.1 Å². The fourth-order valence-corrected chi connectivity index (χ4v) is 3.38. The number of aliphatic hydroxyl groups excluding tert-OH is 1. The standard InChI is InChI=1S/C17H27N3O/c1-2-3-7-15-10-14(12-19-8-5-4-6-9-19)13-20-16(15)11-18-17(20)21/h10-11,13,17-18,21H,2-9,12H2,1H3. The summed E-state index contributed by atoms with van der Waals surface area (Å²) in [5.74, 6) is 0. The quantitative estimate of drug-likeness (QED) is 0.816. The molecule has 1 atom stereocenters. The van der Waals surface area contributed by atoms with Gasteiger partial charge in [-0.1, -0.05) is 25.8 Å². The highest BCUT2D eigenvalue weighted by atomic mass is 16.3. The fourth-order valence-electron chi connectivity index (χ4n) is 3.38. The van der Waals surface area contributed by atoms with E-state index in [0.717, 1.165) is 18.7 Å². The molecule has 3 aliphatic heterocycles. The van der Waals surface area contributed by atoms with Gasteiger partial charge in [-0.3, -0.25) is 4.90 Å². The second kappa shape index (κ2) is 6.67. The van der Waals surface area contributed by atoms with Gasteiger partial charge in [0.1, 0.15) is 0 Å². The Morgan fingerprint density at radius 3 is 2.86 bits per heavy atom. The minimum absolute atomic E-state index is 0.610. The van der Waals surface area contributed by atoms with Gasteiger partial charge in [-0.2, -0.15) is 0 Å². The van der Waals surface area contributed by atoms with E-state index < -0.39 is 6.35 Å². The predicted molar refractivity (Wildman–Crippen MR) is 85.0 cm³/mol. The monoisotopic (exact) mass is 289 g/mol. The molecule has 21 heavy (non-hydrogen) atoms. The third kappa shape index (κ3) is 3.33. The Morgan fingerprint density at radius 2 is 2.10 bits per heavy atom. The summed E-state index contributed by atoms with van der Waals surface area (Å²) >= 11 is 0. The molecule has 3 aliphatic rings. The summed E-state index contributed by atoms with van der Waals surface area (Å²) < 4.78 is 0. The van der Waals surface area contributed by atoms with Crippen molar-refractivity contribution in [2.75, 3.05) is 19.6 Å². The lowest BCUT2D eigenvalue weighted by Crippen LogP contribution is -2.36. The van der Waals surface area contributed by atoms with Crippen LogP contribution in [0.3, 0.4) is 0 Å². The fraction of sp³-hybridized carbons (Fsp3) is 0.647. The number of nitrogens with one attached hydrogen (secondary N) is 1. The summed E-state index contributed by atoms with van der Waals surface area (Å²) in [4.78, 5) is 4.51. The Hall–Kier alpha value is -1.26. The zero-order chi connectivity index (χ0) is 14.7. The normalized spacial score (nSPS) is 25.9. The summed E-state index contributed by atoms with van der Waals surface area (Å²) in [6, 6.07) is 0. The molecular formula is C17H27N3O. The van der Waals surface area contributed by atoms with E-state index in [9.17, 15) is 5.11 Å². The second-order valence-electron chi connectivity index (χ2n) is 6.29. The summed E-state index contributed by atoms with van der Waals surface area (Å²) in [5.41, 5.74) is 3.82. The molecule has 4 nitrogen and oxygen atoms in total. The molecule has 1 fully saturated rings. The first-order chi connectivity index (χ1) is 10.3. The van der Waals surface area contributed by atoms with Crippen LogP contribution in [0, 0.1) is 0 Å². The number of allylic oxidation sites excluding steroid dienone is 1. The molecule has 0 bridgehead atoms. The molecule has 0 aliphatic carbocycles. The van der Waals surface area contributed by atoms with Crippen LogP contribution in [0.4, 0.5) is 0 Å². The van der Waals surface area contributed by atoms with Gasteiger partial charge in [-0.05, 0) is 49.9 Å². The van der Waals surface area contributed by atoms with Crippen LogP contribution in [0.5, 0.6) is 0 Å². The molecule has 0 aromatic carbocycles. The second-order valence-corrected chi connectivity index (χ2v) is 6.29. The third-order valence-corrected chi connectivity index (χ3v) is 4.56.